The molecule has 150 valence electrons. The van der Waals surface area contributed by atoms with Crippen LogP contribution in [0.1, 0.15) is 39.6 Å². The van der Waals surface area contributed by atoms with Crippen LogP contribution in [0.25, 0.3) is 0 Å². The van der Waals surface area contributed by atoms with Crippen molar-refractivity contribution >= 4 is 40.3 Å². The molecule has 0 saturated carbocycles. The van der Waals surface area contributed by atoms with Gasteiger partial charge in [0.15, 0.2) is 5.78 Å². The number of hydrogen-bond acceptors (Lipinski definition) is 4. The summed E-state index contributed by atoms with van der Waals surface area (Å²) in [6.07, 6.45) is 1.07. The van der Waals surface area contributed by atoms with Crippen molar-refractivity contribution in [2.75, 3.05) is 16.0 Å². The van der Waals surface area contributed by atoms with Crippen molar-refractivity contribution in [1.82, 2.24) is 0 Å². The summed E-state index contributed by atoms with van der Waals surface area (Å²) in [6, 6.07) is 20.0. The molecular formula is C24H21N3O3. The fraction of sp³-hybridized carbons (Fsp3) is 0.125. The van der Waals surface area contributed by atoms with Crippen LogP contribution in [0.4, 0.5) is 22.7 Å². The van der Waals surface area contributed by atoms with Gasteiger partial charge in [-0.3, -0.25) is 14.4 Å². The van der Waals surface area contributed by atoms with E-state index in [0.717, 1.165) is 16.9 Å². The van der Waals surface area contributed by atoms with Gasteiger partial charge in [-0.15, -0.1) is 0 Å². The van der Waals surface area contributed by atoms with Crippen LogP contribution in [-0.2, 0) is 11.2 Å². The van der Waals surface area contributed by atoms with Gasteiger partial charge in [-0.05, 0) is 60.5 Å². The van der Waals surface area contributed by atoms with E-state index in [1.54, 1.807) is 30.3 Å². The summed E-state index contributed by atoms with van der Waals surface area (Å²) in [6.45, 7) is 1.43. The van der Waals surface area contributed by atoms with Gasteiger partial charge >= 0.3 is 0 Å². The van der Waals surface area contributed by atoms with Gasteiger partial charge in [-0.25, -0.2) is 0 Å². The zero-order chi connectivity index (χ0) is 21.1. The summed E-state index contributed by atoms with van der Waals surface area (Å²) in [5, 5.41) is 8.89. The number of Topliss-reactive ketones (excluding diaryl/α,β-unsaturated/α-hetero) is 1. The topological polar surface area (TPSA) is 87.3 Å². The van der Waals surface area contributed by atoms with Gasteiger partial charge in [0, 0.05) is 41.5 Å². The Hall–Kier alpha value is -3.93. The lowest BCUT2D eigenvalue weighted by atomic mass is 10.0. The van der Waals surface area contributed by atoms with Gasteiger partial charge in [0.25, 0.3) is 5.91 Å². The molecule has 6 heteroatoms. The van der Waals surface area contributed by atoms with E-state index in [2.05, 4.69) is 16.0 Å². The second-order valence-electron chi connectivity index (χ2n) is 7.14. The molecular weight excluding hydrogens is 378 g/mol. The van der Waals surface area contributed by atoms with E-state index in [-0.39, 0.29) is 17.6 Å². The first-order valence-corrected chi connectivity index (χ1v) is 9.71. The molecule has 3 aromatic carbocycles. The van der Waals surface area contributed by atoms with Gasteiger partial charge in [-0.2, -0.15) is 0 Å². The molecule has 1 aliphatic carbocycles. The van der Waals surface area contributed by atoms with Crippen LogP contribution in [-0.4, -0.2) is 17.6 Å². The quantitative estimate of drug-likeness (QED) is 0.577. The Morgan fingerprint density at radius 1 is 0.767 bits per heavy atom. The number of hydrogen-bond donors (Lipinski definition) is 3. The van der Waals surface area contributed by atoms with Crippen LogP contribution < -0.4 is 16.0 Å². The van der Waals surface area contributed by atoms with Gasteiger partial charge in [0.1, 0.15) is 0 Å². The Morgan fingerprint density at radius 2 is 1.47 bits per heavy atom. The smallest absolute Gasteiger partial charge is 0.255 e. The van der Waals surface area contributed by atoms with Crippen LogP contribution in [0.15, 0.2) is 66.7 Å². The number of amides is 2. The molecule has 6 nitrogen and oxygen atoms in total. The summed E-state index contributed by atoms with van der Waals surface area (Å²) < 4.78 is 0. The van der Waals surface area contributed by atoms with Crippen LogP contribution in [0.3, 0.4) is 0 Å². The van der Waals surface area contributed by atoms with Crippen LogP contribution >= 0.6 is 0 Å². The van der Waals surface area contributed by atoms with Crippen molar-refractivity contribution in [3.05, 3.63) is 83.4 Å². The summed E-state index contributed by atoms with van der Waals surface area (Å²) >= 11 is 0. The largest absolute Gasteiger partial charge is 0.355 e. The molecule has 0 aromatic heterocycles. The van der Waals surface area contributed by atoms with Gasteiger partial charge in [0.2, 0.25) is 5.91 Å². The minimum absolute atomic E-state index is 0.0259. The maximum Gasteiger partial charge on any atom is 0.255 e. The van der Waals surface area contributed by atoms with E-state index < -0.39 is 0 Å². The number of nitrogens with one attached hydrogen (secondary N) is 3. The molecule has 0 saturated heterocycles. The summed E-state index contributed by atoms with van der Waals surface area (Å²) in [7, 11) is 0. The first-order chi connectivity index (χ1) is 14.5. The van der Waals surface area contributed by atoms with Gasteiger partial charge in [0.05, 0.1) is 5.69 Å². The lowest BCUT2D eigenvalue weighted by Crippen LogP contribution is -2.15. The standard InChI is InChI=1S/C24H21N3O3/c1-15(28)25-18-9-7-16(8-10-18)24(30)27-21-13-12-20(19-11-14-22(29)23(19)21)26-17-5-3-2-4-6-17/h2-10,12-13,26H,11,14H2,1H3,(H,25,28)(H,27,30). The number of rotatable bonds is 5. The minimum atomic E-state index is -0.310. The number of anilines is 4. The van der Waals surface area contributed by atoms with Crippen molar-refractivity contribution < 1.29 is 14.4 Å². The van der Waals surface area contributed by atoms with E-state index in [1.807, 2.05) is 36.4 Å². The molecule has 1 aliphatic rings. The van der Waals surface area contributed by atoms with Crippen molar-refractivity contribution in [3.8, 4) is 0 Å². The molecule has 0 atom stereocenters. The molecule has 0 unspecified atom stereocenters. The zero-order valence-electron chi connectivity index (χ0n) is 16.5. The molecule has 0 heterocycles. The average Bonchev–Trinajstić information content (AvgIpc) is 3.13. The zero-order valence-corrected chi connectivity index (χ0v) is 16.5. The lowest BCUT2D eigenvalue weighted by molar-refractivity contribution is -0.114. The number of carbonyl (C=O) groups excluding carboxylic acids is 3. The number of carbonyl (C=O) groups is 3. The Bertz CT molecular complexity index is 1120. The highest BCUT2D eigenvalue weighted by atomic mass is 16.2. The lowest BCUT2D eigenvalue weighted by Gasteiger charge is -2.15. The van der Waals surface area contributed by atoms with Crippen molar-refractivity contribution in [2.45, 2.75) is 19.8 Å². The molecule has 0 aliphatic heterocycles. The summed E-state index contributed by atoms with van der Waals surface area (Å²) in [5.74, 6) is -0.460. The monoisotopic (exact) mass is 399 g/mol. The predicted molar refractivity (Wildman–Crippen MR) is 118 cm³/mol. The summed E-state index contributed by atoms with van der Waals surface area (Å²) in [5.41, 5.74) is 4.87. The van der Waals surface area contributed by atoms with E-state index in [0.29, 0.717) is 35.3 Å². The van der Waals surface area contributed by atoms with E-state index in [4.69, 9.17) is 0 Å². The first kappa shape index (κ1) is 19.4. The fourth-order valence-corrected chi connectivity index (χ4v) is 3.59. The molecule has 0 fully saturated rings. The number of ketones is 1. The fourth-order valence-electron chi connectivity index (χ4n) is 3.59. The van der Waals surface area contributed by atoms with Crippen LogP contribution in [0, 0.1) is 0 Å². The Morgan fingerprint density at radius 3 is 2.17 bits per heavy atom. The first-order valence-electron chi connectivity index (χ1n) is 9.71. The summed E-state index contributed by atoms with van der Waals surface area (Å²) in [4.78, 5) is 36.4. The molecule has 3 N–H and O–H groups in total. The number of benzene rings is 3. The third-order valence-corrected chi connectivity index (χ3v) is 4.96. The van der Waals surface area contributed by atoms with E-state index >= 15 is 0 Å². The Labute approximate surface area is 174 Å². The van der Waals surface area contributed by atoms with Crippen LogP contribution in [0.5, 0.6) is 0 Å². The average molecular weight is 399 g/mol. The minimum Gasteiger partial charge on any atom is -0.355 e. The van der Waals surface area contributed by atoms with Crippen molar-refractivity contribution in [2.24, 2.45) is 0 Å². The Balaban J connectivity index is 1.57. The SMILES string of the molecule is CC(=O)Nc1ccc(C(=O)Nc2ccc(Nc3ccccc3)c3c2C(=O)CC3)cc1. The molecule has 3 aromatic rings. The van der Waals surface area contributed by atoms with Gasteiger partial charge in [-0.1, -0.05) is 18.2 Å². The van der Waals surface area contributed by atoms with E-state index in [1.165, 1.54) is 6.92 Å². The third kappa shape index (κ3) is 4.07. The third-order valence-electron chi connectivity index (χ3n) is 4.96. The molecule has 0 spiro atoms. The van der Waals surface area contributed by atoms with Crippen molar-refractivity contribution in [1.29, 1.82) is 0 Å². The van der Waals surface area contributed by atoms with Crippen molar-refractivity contribution in [3.63, 3.8) is 0 Å². The molecule has 0 bridgehead atoms. The second-order valence-corrected chi connectivity index (χ2v) is 7.14. The number of para-hydroxylation sites is 1. The van der Waals surface area contributed by atoms with E-state index in [9.17, 15) is 14.4 Å². The normalized spacial score (nSPS) is 12.2. The molecule has 4 rings (SSSR count). The number of fused-ring (bicyclic) bond motifs is 1. The molecule has 2 amide bonds. The predicted octanol–water partition coefficient (Wildman–Crippen LogP) is 4.77. The van der Waals surface area contributed by atoms with Gasteiger partial charge < -0.3 is 16.0 Å². The highest BCUT2D eigenvalue weighted by Gasteiger charge is 2.26. The second kappa shape index (κ2) is 8.21. The molecule has 0 radical (unpaired) electrons. The Kier molecular flexibility index (Phi) is 5.30. The highest BCUT2D eigenvalue weighted by Crippen LogP contribution is 2.36. The molecule has 30 heavy (non-hydrogen) atoms. The van der Waals surface area contributed by atoms with Crippen LogP contribution in [0.2, 0.25) is 0 Å². The maximum absolute atomic E-state index is 12.7. The maximum atomic E-state index is 12.7. The highest BCUT2D eigenvalue weighted by molar-refractivity contribution is 6.12.